The predicted octanol–water partition coefficient (Wildman–Crippen LogP) is 0.724. The highest BCUT2D eigenvalue weighted by molar-refractivity contribution is 5.65. The van der Waals surface area contributed by atoms with Crippen molar-refractivity contribution in [3.63, 3.8) is 0 Å². The molecule has 0 bridgehead atoms. The highest BCUT2D eigenvalue weighted by atomic mass is 16.4. The van der Waals surface area contributed by atoms with Crippen molar-refractivity contribution in [2.24, 2.45) is 17.6 Å². The lowest BCUT2D eigenvalue weighted by Crippen LogP contribution is -2.38. The van der Waals surface area contributed by atoms with Crippen LogP contribution < -0.4 is 5.73 Å². The molecule has 3 unspecified atom stereocenters. The second-order valence-corrected chi connectivity index (χ2v) is 4.21. The molecule has 1 saturated carbocycles. The molecule has 4 nitrogen and oxygen atoms in total. The first-order chi connectivity index (χ1) is 6.18. The largest absolute Gasteiger partial charge is 0.465 e. The standard InChI is InChI=1S/C9H16N2O2/c10-8-3-1-2-6-4-11(9(12)13)5-7(6)8/h6-8H,1-5,10H2,(H,12,13). The summed E-state index contributed by atoms with van der Waals surface area (Å²) in [6, 6.07) is 0.225. The van der Waals surface area contributed by atoms with Gasteiger partial charge in [-0.3, -0.25) is 0 Å². The Morgan fingerprint density at radius 3 is 2.77 bits per heavy atom. The summed E-state index contributed by atoms with van der Waals surface area (Å²) in [4.78, 5) is 12.3. The Bertz CT molecular complexity index is 220. The van der Waals surface area contributed by atoms with E-state index in [1.54, 1.807) is 0 Å². The third-order valence-corrected chi connectivity index (χ3v) is 3.42. The summed E-state index contributed by atoms with van der Waals surface area (Å²) in [5.41, 5.74) is 5.96. The molecule has 0 radical (unpaired) electrons. The topological polar surface area (TPSA) is 66.6 Å². The highest BCUT2D eigenvalue weighted by Crippen LogP contribution is 2.35. The number of amides is 1. The van der Waals surface area contributed by atoms with Crippen LogP contribution in [0.5, 0.6) is 0 Å². The Kier molecular flexibility index (Phi) is 2.15. The van der Waals surface area contributed by atoms with E-state index in [4.69, 9.17) is 10.8 Å². The molecule has 0 aromatic rings. The molecule has 74 valence electrons. The van der Waals surface area contributed by atoms with Crippen molar-refractivity contribution in [1.82, 2.24) is 4.90 Å². The van der Waals surface area contributed by atoms with Gasteiger partial charge in [-0.1, -0.05) is 6.42 Å². The van der Waals surface area contributed by atoms with E-state index in [9.17, 15) is 4.79 Å². The zero-order valence-electron chi connectivity index (χ0n) is 7.65. The van der Waals surface area contributed by atoms with Gasteiger partial charge in [0.1, 0.15) is 0 Å². The van der Waals surface area contributed by atoms with Crippen LogP contribution in [0.3, 0.4) is 0 Å². The number of hydrogen-bond acceptors (Lipinski definition) is 2. The van der Waals surface area contributed by atoms with Gasteiger partial charge >= 0.3 is 6.09 Å². The van der Waals surface area contributed by atoms with Crippen LogP contribution in [0.15, 0.2) is 0 Å². The van der Waals surface area contributed by atoms with Crippen molar-refractivity contribution in [2.75, 3.05) is 13.1 Å². The second-order valence-electron chi connectivity index (χ2n) is 4.21. The minimum atomic E-state index is -0.790. The summed E-state index contributed by atoms with van der Waals surface area (Å²) in [5.74, 6) is 0.949. The van der Waals surface area contributed by atoms with Gasteiger partial charge in [-0.05, 0) is 24.7 Å². The smallest absolute Gasteiger partial charge is 0.407 e. The number of carboxylic acid groups (broad SMARTS) is 1. The fraction of sp³-hybridized carbons (Fsp3) is 0.889. The molecule has 1 heterocycles. The van der Waals surface area contributed by atoms with Crippen LogP contribution in [0, 0.1) is 11.8 Å². The van der Waals surface area contributed by atoms with Gasteiger partial charge in [0.15, 0.2) is 0 Å². The van der Waals surface area contributed by atoms with Gasteiger partial charge in [0.25, 0.3) is 0 Å². The predicted molar refractivity (Wildman–Crippen MR) is 48.4 cm³/mol. The van der Waals surface area contributed by atoms with Crippen molar-refractivity contribution in [2.45, 2.75) is 25.3 Å². The number of rotatable bonds is 0. The minimum absolute atomic E-state index is 0.225. The Morgan fingerprint density at radius 1 is 1.38 bits per heavy atom. The van der Waals surface area contributed by atoms with Crippen LogP contribution in [-0.2, 0) is 0 Å². The summed E-state index contributed by atoms with van der Waals surface area (Å²) in [6.07, 6.45) is 2.59. The average Bonchev–Trinajstić information content (AvgIpc) is 2.49. The molecule has 1 aliphatic heterocycles. The zero-order valence-corrected chi connectivity index (χ0v) is 7.65. The molecule has 1 amide bonds. The summed E-state index contributed by atoms with van der Waals surface area (Å²) >= 11 is 0. The third kappa shape index (κ3) is 1.50. The van der Waals surface area contributed by atoms with Gasteiger partial charge < -0.3 is 15.7 Å². The van der Waals surface area contributed by atoms with Gasteiger partial charge in [0.05, 0.1) is 0 Å². The molecule has 2 aliphatic rings. The summed E-state index contributed by atoms with van der Waals surface area (Å²) in [7, 11) is 0. The van der Waals surface area contributed by atoms with Crippen LogP contribution in [0.1, 0.15) is 19.3 Å². The van der Waals surface area contributed by atoms with E-state index < -0.39 is 6.09 Å². The fourth-order valence-electron chi connectivity index (χ4n) is 2.67. The SMILES string of the molecule is NC1CCCC2CN(C(=O)O)CC12. The molecular weight excluding hydrogens is 168 g/mol. The molecule has 2 fully saturated rings. The second kappa shape index (κ2) is 3.18. The van der Waals surface area contributed by atoms with Crippen molar-refractivity contribution in [3.8, 4) is 0 Å². The maximum atomic E-state index is 10.7. The third-order valence-electron chi connectivity index (χ3n) is 3.42. The number of carbonyl (C=O) groups is 1. The normalized spacial score (nSPS) is 38.8. The molecular formula is C9H16N2O2. The van der Waals surface area contributed by atoms with Crippen LogP contribution >= 0.6 is 0 Å². The minimum Gasteiger partial charge on any atom is -0.465 e. The molecule has 0 aromatic carbocycles. The first-order valence-electron chi connectivity index (χ1n) is 4.92. The van der Waals surface area contributed by atoms with E-state index in [2.05, 4.69) is 0 Å². The molecule has 3 N–H and O–H groups in total. The Morgan fingerprint density at radius 2 is 2.15 bits per heavy atom. The van der Waals surface area contributed by atoms with Crippen LogP contribution in [0.4, 0.5) is 4.79 Å². The van der Waals surface area contributed by atoms with Gasteiger partial charge in [0.2, 0.25) is 0 Å². The molecule has 2 rings (SSSR count). The van der Waals surface area contributed by atoms with Gasteiger partial charge in [-0.15, -0.1) is 0 Å². The fourth-order valence-corrected chi connectivity index (χ4v) is 2.67. The maximum Gasteiger partial charge on any atom is 0.407 e. The first-order valence-corrected chi connectivity index (χ1v) is 4.92. The van der Waals surface area contributed by atoms with Crippen molar-refractivity contribution < 1.29 is 9.90 Å². The molecule has 1 aliphatic carbocycles. The first kappa shape index (κ1) is 8.81. The van der Waals surface area contributed by atoms with Crippen molar-refractivity contribution >= 4 is 6.09 Å². The zero-order chi connectivity index (χ0) is 9.42. The van der Waals surface area contributed by atoms with E-state index in [0.717, 1.165) is 19.3 Å². The lowest BCUT2D eigenvalue weighted by atomic mass is 9.78. The lowest BCUT2D eigenvalue weighted by molar-refractivity contribution is 0.153. The Labute approximate surface area is 77.7 Å². The molecule has 0 spiro atoms. The quantitative estimate of drug-likeness (QED) is 0.583. The molecule has 3 atom stereocenters. The maximum absolute atomic E-state index is 10.7. The molecule has 4 heteroatoms. The molecule has 0 aromatic heterocycles. The number of likely N-dealkylation sites (tertiary alicyclic amines) is 1. The van der Waals surface area contributed by atoms with Crippen molar-refractivity contribution in [3.05, 3.63) is 0 Å². The van der Waals surface area contributed by atoms with Crippen molar-refractivity contribution in [1.29, 1.82) is 0 Å². The Balaban J connectivity index is 2.04. The Hall–Kier alpha value is -0.770. The summed E-state index contributed by atoms with van der Waals surface area (Å²) in [6.45, 7) is 1.36. The number of nitrogens with two attached hydrogens (primary N) is 1. The number of nitrogens with zero attached hydrogens (tertiary/aromatic N) is 1. The lowest BCUT2D eigenvalue weighted by Gasteiger charge is -2.29. The van der Waals surface area contributed by atoms with E-state index >= 15 is 0 Å². The van der Waals surface area contributed by atoms with E-state index in [-0.39, 0.29) is 6.04 Å². The summed E-state index contributed by atoms with van der Waals surface area (Å²) in [5, 5.41) is 8.83. The summed E-state index contributed by atoms with van der Waals surface area (Å²) < 4.78 is 0. The van der Waals surface area contributed by atoms with Crippen LogP contribution in [-0.4, -0.2) is 35.2 Å². The van der Waals surface area contributed by atoms with Gasteiger partial charge in [-0.25, -0.2) is 4.79 Å². The van der Waals surface area contributed by atoms with Crippen LogP contribution in [0.25, 0.3) is 0 Å². The molecule has 13 heavy (non-hydrogen) atoms. The van der Waals surface area contributed by atoms with Gasteiger partial charge in [-0.2, -0.15) is 0 Å². The average molecular weight is 184 g/mol. The monoisotopic (exact) mass is 184 g/mol. The highest BCUT2D eigenvalue weighted by Gasteiger charge is 2.40. The number of hydrogen-bond donors (Lipinski definition) is 2. The molecule has 1 saturated heterocycles. The van der Waals surface area contributed by atoms with E-state index in [1.807, 2.05) is 0 Å². The van der Waals surface area contributed by atoms with E-state index in [0.29, 0.717) is 24.9 Å². The number of fused-ring (bicyclic) bond motifs is 1. The van der Waals surface area contributed by atoms with E-state index in [1.165, 1.54) is 4.90 Å². The van der Waals surface area contributed by atoms with Gasteiger partial charge in [0, 0.05) is 19.1 Å². The van der Waals surface area contributed by atoms with Crippen LogP contribution in [0.2, 0.25) is 0 Å².